The van der Waals surface area contributed by atoms with E-state index in [1.807, 2.05) is 41.8 Å². The average Bonchev–Trinajstić information content (AvgIpc) is 2.99. The van der Waals surface area contributed by atoms with E-state index in [-0.39, 0.29) is 0 Å². The highest BCUT2D eigenvalue weighted by atomic mass is 35.5. The molecule has 2 aromatic rings. The second kappa shape index (κ2) is 4.65. The Labute approximate surface area is 112 Å². The number of halogens is 1. The average molecular weight is 262 g/mol. The van der Waals surface area contributed by atoms with Gasteiger partial charge in [-0.2, -0.15) is 0 Å². The maximum atomic E-state index is 6.50. The van der Waals surface area contributed by atoms with Gasteiger partial charge in [0.2, 0.25) is 0 Å². The summed E-state index contributed by atoms with van der Waals surface area (Å²) in [7, 11) is 0. The predicted molar refractivity (Wildman–Crippen MR) is 74.8 cm³/mol. The molecule has 1 aromatic carbocycles. The Bertz CT molecular complexity index is 542. The fourth-order valence-electron chi connectivity index (χ4n) is 2.50. The normalized spacial score (nSPS) is 15.3. The monoisotopic (exact) mass is 261 g/mol. The smallest absolute Gasteiger partial charge is 0.167 e. The molecule has 0 saturated carbocycles. The van der Waals surface area contributed by atoms with Gasteiger partial charge in [-0.05, 0) is 31.9 Å². The Morgan fingerprint density at radius 2 is 1.78 bits per heavy atom. The fourth-order valence-corrected chi connectivity index (χ4v) is 2.88. The molecular weight excluding hydrogens is 246 g/mol. The van der Waals surface area contributed by atoms with Crippen LogP contribution in [0, 0.1) is 6.92 Å². The van der Waals surface area contributed by atoms with Gasteiger partial charge in [0.05, 0.1) is 0 Å². The van der Waals surface area contributed by atoms with E-state index in [1.165, 1.54) is 12.8 Å². The number of anilines is 1. The van der Waals surface area contributed by atoms with Crippen LogP contribution < -0.4 is 4.90 Å². The Balaban J connectivity index is 2.06. The van der Waals surface area contributed by atoms with Gasteiger partial charge in [0.15, 0.2) is 11.0 Å². The maximum absolute atomic E-state index is 6.50. The molecule has 0 aliphatic carbocycles. The molecule has 94 valence electrons. The highest BCUT2D eigenvalue weighted by Gasteiger charge is 2.21. The summed E-state index contributed by atoms with van der Waals surface area (Å²) in [6.45, 7) is 4.12. The lowest BCUT2D eigenvalue weighted by Crippen LogP contribution is -2.18. The topological polar surface area (TPSA) is 21.1 Å². The third kappa shape index (κ3) is 1.89. The Hall–Kier alpha value is -1.48. The molecule has 1 aliphatic rings. The van der Waals surface area contributed by atoms with Crippen molar-refractivity contribution < 1.29 is 0 Å². The third-order valence-corrected chi connectivity index (χ3v) is 3.73. The summed E-state index contributed by atoms with van der Waals surface area (Å²) in [4.78, 5) is 6.90. The van der Waals surface area contributed by atoms with Gasteiger partial charge in [-0.1, -0.05) is 29.8 Å². The number of hydrogen-bond acceptors (Lipinski definition) is 2. The summed E-state index contributed by atoms with van der Waals surface area (Å²) in [5, 5.41) is 0.723. The lowest BCUT2D eigenvalue weighted by atomic mass is 10.3. The van der Waals surface area contributed by atoms with Crippen molar-refractivity contribution in [1.29, 1.82) is 0 Å². The van der Waals surface area contributed by atoms with Crippen LogP contribution in [0.5, 0.6) is 0 Å². The molecule has 1 saturated heterocycles. The minimum absolute atomic E-state index is 0.723. The van der Waals surface area contributed by atoms with Gasteiger partial charge in [0, 0.05) is 18.8 Å². The van der Waals surface area contributed by atoms with Crippen LogP contribution in [0.1, 0.15) is 18.7 Å². The van der Waals surface area contributed by atoms with Gasteiger partial charge < -0.3 is 4.90 Å². The number of nitrogens with zero attached hydrogens (tertiary/aromatic N) is 3. The van der Waals surface area contributed by atoms with Crippen molar-refractivity contribution in [2.45, 2.75) is 19.8 Å². The lowest BCUT2D eigenvalue weighted by molar-refractivity contribution is 0.940. The minimum Gasteiger partial charge on any atom is -0.354 e. The van der Waals surface area contributed by atoms with Gasteiger partial charge in [-0.15, -0.1) is 0 Å². The van der Waals surface area contributed by atoms with E-state index in [9.17, 15) is 0 Å². The molecule has 0 unspecified atom stereocenters. The van der Waals surface area contributed by atoms with Crippen LogP contribution in [0.25, 0.3) is 5.69 Å². The van der Waals surface area contributed by atoms with E-state index in [1.54, 1.807) is 0 Å². The van der Waals surface area contributed by atoms with Gasteiger partial charge in [0.1, 0.15) is 5.82 Å². The number of aromatic nitrogens is 2. The first-order chi connectivity index (χ1) is 8.77. The number of benzene rings is 1. The van der Waals surface area contributed by atoms with Gasteiger partial charge in [-0.3, -0.25) is 4.57 Å². The lowest BCUT2D eigenvalue weighted by Gasteiger charge is -2.14. The van der Waals surface area contributed by atoms with Crippen LogP contribution in [-0.4, -0.2) is 22.6 Å². The molecule has 4 heteroatoms. The highest BCUT2D eigenvalue weighted by Crippen LogP contribution is 2.31. The standard InChI is InChI=1S/C14H16ClN3/c1-11-16-14(17-9-5-6-10-17)13(15)18(11)12-7-3-2-4-8-12/h2-4,7-8H,5-6,9-10H2,1H3. The van der Waals surface area contributed by atoms with E-state index >= 15 is 0 Å². The predicted octanol–water partition coefficient (Wildman–Crippen LogP) is 3.43. The van der Waals surface area contributed by atoms with Crippen LogP contribution in [0.3, 0.4) is 0 Å². The van der Waals surface area contributed by atoms with Crippen LogP contribution in [0.4, 0.5) is 5.82 Å². The first-order valence-corrected chi connectivity index (χ1v) is 6.70. The fraction of sp³-hybridized carbons (Fsp3) is 0.357. The largest absolute Gasteiger partial charge is 0.354 e. The van der Waals surface area contributed by atoms with Crippen LogP contribution >= 0.6 is 11.6 Å². The third-order valence-electron chi connectivity index (χ3n) is 3.39. The van der Waals surface area contributed by atoms with Crippen molar-refractivity contribution in [3.05, 3.63) is 41.3 Å². The second-order valence-corrected chi connectivity index (χ2v) is 5.00. The molecular formula is C14H16ClN3. The van der Waals surface area contributed by atoms with Gasteiger partial charge in [-0.25, -0.2) is 4.98 Å². The van der Waals surface area contributed by atoms with Gasteiger partial charge >= 0.3 is 0 Å². The summed E-state index contributed by atoms with van der Waals surface area (Å²) < 4.78 is 2.01. The molecule has 0 amide bonds. The van der Waals surface area contributed by atoms with Gasteiger partial charge in [0.25, 0.3) is 0 Å². The Kier molecular flexibility index (Phi) is 3.00. The van der Waals surface area contributed by atoms with Crippen LogP contribution in [0.15, 0.2) is 30.3 Å². The Morgan fingerprint density at radius 1 is 1.11 bits per heavy atom. The molecule has 1 aromatic heterocycles. The van der Waals surface area contributed by atoms with Crippen molar-refractivity contribution >= 4 is 17.4 Å². The quantitative estimate of drug-likeness (QED) is 0.826. The SMILES string of the molecule is Cc1nc(N2CCCC2)c(Cl)n1-c1ccccc1. The first kappa shape index (κ1) is 11.6. The Morgan fingerprint density at radius 3 is 2.44 bits per heavy atom. The van der Waals surface area contributed by atoms with Crippen LogP contribution in [-0.2, 0) is 0 Å². The highest BCUT2D eigenvalue weighted by molar-refractivity contribution is 6.32. The van der Waals surface area contributed by atoms with Crippen molar-refractivity contribution in [2.24, 2.45) is 0 Å². The van der Waals surface area contributed by atoms with Crippen molar-refractivity contribution in [1.82, 2.24) is 9.55 Å². The van der Waals surface area contributed by atoms with E-state index in [0.29, 0.717) is 0 Å². The van der Waals surface area contributed by atoms with E-state index in [4.69, 9.17) is 11.6 Å². The van der Waals surface area contributed by atoms with E-state index < -0.39 is 0 Å². The molecule has 0 N–H and O–H groups in total. The molecule has 0 bridgehead atoms. The molecule has 2 heterocycles. The van der Waals surface area contributed by atoms with E-state index in [0.717, 1.165) is 35.6 Å². The number of para-hydroxylation sites is 1. The number of aryl methyl sites for hydroxylation is 1. The molecule has 0 atom stereocenters. The number of hydrogen-bond donors (Lipinski definition) is 0. The zero-order chi connectivity index (χ0) is 12.5. The maximum Gasteiger partial charge on any atom is 0.167 e. The molecule has 0 spiro atoms. The summed E-state index contributed by atoms with van der Waals surface area (Å²) in [5.74, 6) is 1.86. The molecule has 18 heavy (non-hydrogen) atoms. The number of imidazole rings is 1. The first-order valence-electron chi connectivity index (χ1n) is 6.32. The molecule has 1 fully saturated rings. The molecule has 3 nitrogen and oxygen atoms in total. The number of rotatable bonds is 2. The summed E-state index contributed by atoms with van der Waals surface area (Å²) in [6, 6.07) is 10.1. The van der Waals surface area contributed by atoms with Crippen molar-refractivity contribution in [3.8, 4) is 5.69 Å². The molecule has 3 rings (SSSR count). The molecule has 1 aliphatic heterocycles. The van der Waals surface area contributed by atoms with E-state index in [2.05, 4.69) is 9.88 Å². The summed E-state index contributed by atoms with van der Waals surface area (Å²) >= 11 is 6.50. The van der Waals surface area contributed by atoms with Crippen molar-refractivity contribution in [2.75, 3.05) is 18.0 Å². The minimum atomic E-state index is 0.723. The summed E-state index contributed by atoms with van der Waals surface area (Å²) in [5.41, 5.74) is 1.07. The zero-order valence-electron chi connectivity index (χ0n) is 10.4. The molecule has 0 radical (unpaired) electrons. The zero-order valence-corrected chi connectivity index (χ0v) is 11.2. The summed E-state index contributed by atoms with van der Waals surface area (Å²) in [6.07, 6.45) is 2.46. The second-order valence-electron chi connectivity index (χ2n) is 4.64. The van der Waals surface area contributed by atoms with Crippen molar-refractivity contribution in [3.63, 3.8) is 0 Å². The van der Waals surface area contributed by atoms with Crippen LogP contribution in [0.2, 0.25) is 5.15 Å².